The van der Waals surface area contributed by atoms with Gasteiger partial charge in [0, 0.05) is 28.8 Å². The Labute approximate surface area is 119 Å². The van der Waals surface area contributed by atoms with E-state index in [4.69, 9.17) is 0 Å². The number of hydrogen-bond donors (Lipinski definition) is 1. The standard InChI is InChI=1S/C15H23BrN2/c1-4-17-13-7-8-18(12(3)9-13)14-6-5-11(2)15(16)10-14/h5-6,10,12-13,17H,4,7-9H2,1-3H3. The minimum Gasteiger partial charge on any atom is -0.369 e. The topological polar surface area (TPSA) is 15.3 Å². The first kappa shape index (κ1) is 13.9. The molecule has 0 spiro atoms. The van der Waals surface area contributed by atoms with E-state index in [0.717, 1.165) is 13.1 Å². The fraction of sp³-hybridized carbons (Fsp3) is 0.600. The molecule has 2 nitrogen and oxygen atoms in total. The van der Waals surface area contributed by atoms with Gasteiger partial charge in [-0.05, 0) is 50.9 Å². The van der Waals surface area contributed by atoms with E-state index in [-0.39, 0.29) is 0 Å². The van der Waals surface area contributed by atoms with Gasteiger partial charge >= 0.3 is 0 Å². The lowest BCUT2D eigenvalue weighted by Crippen LogP contribution is -2.47. The van der Waals surface area contributed by atoms with E-state index in [0.29, 0.717) is 12.1 Å². The monoisotopic (exact) mass is 310 g/mol. The summed E-state index contributed by atoms with van der Waals surface area (Å²) in [5.41, 5.74) is 2.64. The molecule has 1 aliphatic rings. The van der Waals surface area contributed by atoms with E-state index in [1.165, 1.54) is 28.6 Å². The summed E-state index contributed by atoms with van der Waals surface area (Å²) in [4.78, 5) is 2.53. The van der Waals surface area contributed by atoms with Crippen molar-refractivity contribution >= 4 is 21.6 Å². The van der Waals surface area contributed by atoms with Crippen LogP contribution in [0.5, 0.6) is 0 Å². The van der Waals surface area contributed by atoms with Crippen molar-refractivity contribution in [3.8, 4) is 0 Å². The summed E-state index contributed by atoms with van der Waals surface area (Å²) < 4.78 is 1.21. The molecule has 0 aromatic heterocycles. The molecule has 0 bridgehead atoms. The summed E-state index contributed by atoms with van der Waals surface area (Å²) >= 11 is 3.63. The summed E-state index contributed by atoms with van der Waals surface area (Å²) in [6.45, 7) is 8.88. The normalized spacial score (nSPS) is 24.3. The fourth-order valence-corrected chi connectivity index (χ4v) is 3.16. The van der Waals surface area contributed by atoms with Crippen molar-refractivity contribution in [2.75, 3.05) is 18.0 Å². The first-order valence-electron chi connectivity index (χ1n) is 6.88. The van der Waals surface area contributed by atoms with Crippen LogP contribution in [0.4, 0.5) is 5.69 Å². The van der Waals surface area contributed by atoms with E-state index in [9.17, 15) is 0 Å². The molecule has 1 saturated heterocycles. The van der Waals surface area contributed by atoms with Crippen LogP contribution in [0.2, 0.25) is 0 Å². The number of piperidine rings is 1. The van der Waals surface area contributed by atoms with Crippen LogP contribution in [0.1, 0.15) is 32.3 Å². The quantitative estimate of drug-likeness (QED) is 0.915. The van der Waals surface area contributed by atoms with Gasteiger partial charge in [0.2, 0.25) is 0 Å². The second-order valence-corrected chi connectivity index (χ2v) is 6.11. The maximum absolute atomic E-state index is 3.63. The number of nitrogens with one attached hydrogen (secondary N) is 1. The lowest BCUT2D eigenvalue weighted by atomic mass is 9.97. The maximum atomic E-state index is 3.63. The lowest BCUT2D eigenvalue weighted by Gasteiger charge is -2.39. The molecular weight excluding hydrogens is 288 g/mol. The minimum absolute atomic E-state index is 0.609. The molecule has 1 heterocycles. The molecule has 1 fully saturated rings. The maximum Gasteiger partial charge on any atom is 0.0380 e. The van der Waals surface area contributed by atoms with Crippen LogP contribution in [-0.2, 0) is 0 Å². The number of rotatable bonds is 3. The third kappa shape index (κ3) is 3.07. The number of benzene rings is 1. The summed E-state index contributed by atoms with van der Waals surface area (Å²) in [5.74, 6) is 0. The average Bonchev–Trinajstić information content (AvgIpc) is 2.34. The van der Waals surface area contributed by atoms with E-state index >= 15 is 0 Å². The first-order valence-corrected chi connectivity index (χ1v) is 7.67. The molecule has 2 unspecified atom stereocenters. The van der Waals surface area contributed by atoms with E-state index in [1.54, 1.807) is 0 Å². The van der Waals surface area contributed by atoms with Crippen LogP contribution in [0.15, 0.2) is 22.7 Å². The van der Waals surface area contributed by atoms with Crippen molar-refractivity contribution in [2.45, 2.75) is 45.7 Å². The van der Waals surface area contributed by atoms with Crippen molar-refractivity contribution in [1.82, 2.24) is 5.32 Å². The molecule has 0 radical (unpaired) electrons. The van der Waals surface area contributed by atoms with Crippen molar-refractivity contribution in [2.24, 2.45) is 0 Å². The molecule has 2 atom stereocenters. The summed E-state index contributed by atoms with van der Waals surface area (Å²) in [6.07, 6.45) is 2.48. The molecule has 18 heavy (non-hydrogen) atoms. The van der Waals surface area contributed by atoms with Gasteiger partial charge in [-0.25, -0.2) is 0 Å². The third-order valence-electron chi connectivity index (χ3n) is 3.86. The van der Waals surface area contributed by atoms with Gasteiger partial charge in [-0.1, -0.05) is 28.9 Å². The zero-order valence-electron chi connectivity index (χ0n) is 11.5. The zero-order valence-corrected chi connectivity index (χ0v) is 13.1. The number of halogens is 1. The SMILES string of the molecule is CCNC1CCN(c2ccc(C)c(Br)c2)C(C)C1. The van der Waals surface area contributed by atoms with Gasteiger partial charge in [-0.3, -0.25) is 0 Å². The Morgan fingerprint density at radius 1 is 1.44 bits per heavy atom. The van der Waals surface area contributed by atoms with Gasteiger partial charge in [0.25, 0.3) is 0 Å². The fourth-order valence-electron chi connectivity index (χ4n) is 2.79. The minimum atomic E-state index is 0.609. The molecule has 2 rings (SSSR count). The number of hydrogen-bond acceptors (Lipinski definition) is 2. The Hall–Kier alpha value is -0.540. The zero-order chi connectivity index (χ0) is 13.1. The van der Waals surface area contributed by atoms with Gasteiger partial charge in [-0.15, -0.1) is 0 Å². The van der Waals surface area contributed by atoms with Crippen molar-refractivity contribution < 1.29 is 0 Å². The number of aryl methyl sites for hydroxylation is 1. The number of nitrogens with zero attached hydrogens (tertiary/aromatic N) is 1. The molecule has 0 amide bonds. The van der Waals surface area contributed by atoms with Gasteiger partial charge < -0.3 is 10.2 Å². The van der Waals surface area contributed by atoms with Gasteiger partial charge in [0.05, 0.1) is 0 Å². The highest BCUT2D eigenvalue weighted by Crippen LogP contribution is 2.28. The second kappa shape index (κ2) is 6.07. The Bertz CT molecular complexity index is 405. The molecule has 1 N–H and O–H groups in total. The molecule has 1 aromatic carbocycles. The Balaban J connectivity index is 2.08. The molecule has 0 aliphatic carbocycles. The highest BCUT2D eigenvalue weighted by Gasteiger charge is 2.25. The highest BCUT2D eigenvalue weighted by molar-refractivity contribution is 9.10. The van der Waals surface area contributed by atoms with Crippen molar-refractivity contribution in [3.05, 3.63) is 28.2 Å². The van der Waals surface area contributed by atoms with Gasteiger partial charge in [0.1, 0.15) is 0 Å². The van der Waals surface area contributed by atoms with Crippen LogP contribution in [0, 0.1) is 6.92 Å². The van der Waals surface area contributed by atoms with Gasteiger partial charge in [-0.2, -0.15) is 0 Å². The molecule has 1 aliphatic heterocycles. The third-order valence-corrected chi connectivity index (χ3v) is 4.71. The van der Waals surface area contributed by atoms with Crippen molar-refractivity contribution in [1.29, 1.82) is 0 Å². The Kier molecular flexibility index (Phi) is 4.68. The Morgan fingerprint density at radius 3 is 2.83 bits per heavy atom. The van der Waals surface area contributed by atoms with Crippen LogP contribution in [-0.4, -0.2) is 25.2 Å². The summed E-state index contributed by atoms with van der Waals surface area (Å²) in [6, 6.07) is 7.99. The Morgan fingerprint density at radius 2 is 2.22 bits per heavy atom. The molecular formula is C15H23BrN2. The first-order chi connectivity index (χ1) is 8.61. The number of anilines is 1. The smallest absolute Gasteiger partial charge is 0.0380 e. The second-order valence-electron chi connectivity index (χ2n) is 5.25. The van der Waals surface area contributed by atoms with Crippen molar-refractivity contribution in [3.63, 3.8) is 0 Å². The average molecular weight is 311 g/mol. The molecule has 100 valence electrons. The van der Waals surface area contributed by atoms with Gasteiger partial charge in [0.15, 0.2) is 0 Å². The highest BCUT2D eigenvalue weighted by atomic mass is 79.9. The largest absolute Gasteiger partial charge is 0.369 e. The van der Waals surface area contributed by atoms with Crippen LogP contribution in [0.3, 0.4) is 0 Å². The molecule has 0 saturated carbocycles. The van der Waals surface area contributed by atoms with Crippen LogP contribution >= 0.6 is 15.9 Å². The van der Waals surface area contributed by atoms with E-state index in [1.807, 2.05) is 0 Å². The van der Waals surface area contributed by atoms with Crippen LogP contribution in [0.25, 0.3) is 0 Å². The molecule has 3 heteroatoms. The van der Waals surface area contributed by atoms with E-state index in [2.05, 4.69) is 65.1 Å². The predicted molar refractivity (Wildman–Crippen MR) is 82.4 cm³/mol. The molecule has 1 aromatic rings. The summed E-state index contributed by atoms with van der Waals surface area (Å²) in [5, 5.41) is 3.57. The summed E-state index contributed by atoms with van der Waals surface area (Å²) in [7, 11) is 0. The van der Waals surface area contributed by atoms with E-state index < -0.39 is 0 Å². The lowest BCUT2D eigenvalue weighted by molar-refractivity contribution is 0.374. The predicted octanol–water partition coefficient (Wildman–Crippen LogP) is 3.72. The van der Waals surface area contributed by atoms with Crippen LogP contribution < -0.4 is 10.2 Å².